The van der Waals surface area contributed by atoms with Crippen LogP contribution in [0.5, 0.6) is 5.75 Å². The third kappa shape index (κ3) is 3.22. The minimum atomic E-state index is -0.343. The summed E-state index contributed by atoms with van der Waals surface area (Å²) in [5.74, 6) is 0.0526. The highest BCUT2D eigenvalue weighted by atomic mass is 16.5. The van der Waals surface area contributed by atoms with E-state index in [1.807, 2.05) is 6.92 Å². The first-order valence-corrected chi connectivity index (χ1v) is 5.92. The highest BCUT2D eigenvalue weighted by Crippen LogP contribution is 2.13. The number of ether oxygens (including phenoxy) is 1. The van der Waals surface area contributed by atoms with Crippen LogP contribution in [0, 0.1) is 0 Å². The van der Waals surface area contributed by atoms with Crippen LogP contribution in [0.25, 0.3) is 0 Å². The highest BCUT2D eigenvalue weighted by molar-refractivity contribution is 5.98. The van der Waals surface area contributed by atoms with Gasteiger partial charge in [0.15, 0.2) is 0 Å². The van der Waals surface area contributed by atoms with Crippen molar-refractivity contribution in [2.45, 2.75) is 6.92 Å². The van der Waals surface area contributed by atoms with Crippen molar-refractivity contribution in [1.82, 2.24) is 10.4 Å². The van der Waals surface area contributed by atoms with Gasteiger partial charge in [0, 0.05) is 17.8 Å². The molecule has 0 fully saturated rings. The van der Waals surface area contributed by atoms with Crippen molar-refractivity contribution in [1.29, 1.82) is 0 Å². The van der Waals surface area contributed by atoms with Gasteiger partial charge in [-0.15, -0.1) is 0 Å². The normalized spacial score (nSPS) is 13.9. The Hall–Kier alpha value is -2.56. The second-order valence-electron chi connectivity index (χ2n) is 3.81. The van der Waals surface area contributed by atoms with Crippen molar-refractivity contribution < 1.29 is 14.3 Å². The number of carbonyl (C=O) groups excluding carboxylic acids is 2. The van der Waals surface area contributed by atoms with E-state index in [0.717, 1.165) is 5.01 Å². The summed E-state index contributed by atoms with van der Waals surface area (Å²) in [5.41, 5.74) is 2.92. The summed E-state index contributed by atoms with van der Waals surface area (Å²) in [5, 5.41) is 1.15. The monoisotopic (exact) mass is 258 g/mol. The first-order chi connectivity index (χ1) is 9.20. The molecule has 98 valence electrons. The molecule has 1 aromatic rings. The smallest absolute Gasteiger partial charge is 0.276 e. The predicted octanol–water partition coefficient (Wildman–Crippen LogP) is 1.64. The fourth-order valence-electron chi connectivity index (χ4n) is 1.59. The number of rotatable bonds is 3. The molecule has 19 heavy (non-hydrogen) atoms. The van der Waals surface area contributed by atoms with Gasteiger partial charge in [-0.3, -0.25) is 15.0 Å². The van der Waals surface area contributed by atoms with E-state index in [4.69, 9.17) is 4.74 Å². The van der Waals surface area contributed by atoms with Crippen LogP contribution in [0.3, 0.4) is 0 Å². The van der Waals surface area contributed by atoms with Crippen molar-refractivity contribution in [2.75, 3.05) is 6.61 Å². The molecular weight excluding hydrogens is 244 g/mol. The van der Waals surface area contributed by atoms with E-state index < -0.39 is 0 Å². The molecule has 0 spiro atoms. The van der Waals surface area contributed by atoms with E-state index in [1.165, 1.54) is 12.3 Å². The van der Waals surface area contributed by atoms with Crippen LogP contribution in [-0.4, -0.2) is 23.4 Å². The molecule has 0 aromatic heterocycles. The molecule has 1 heterocycles. The Kier molecular flexibility index (Phi) is 3.97. The van der Waals surface area contributed by atoms with E-state index >= 15 is 0 Å². The zero-order valence-electron chi connectivity index (χ0n) is 10.5. The van der Waals surface area contributed by atoms with Gasteiger partial charge in [-0.05, 0) is 37.3 Å². The van der Waals surface area contributed by atoms with Gasteiger partial charge in [0.1, 0.15) is 5.75 Å². The third-order valence-corrected chi connectivity index (χ3v) is 2.46. The molecule has 0 radical (unpaired) electrons. The second kappa shape index (κ2) is 5.86. The summed E-state index contributed by atoms with van der Waals surface area (Å²) in [4.78, 5) is 23.5. The summed E-state index contributed by atoms with van der Waals surface area (Å²) in [6.45, 7) is 2.47. The van der Waals surface area contributed by atoms with E-state index in [2.05, 4.69) is 5.43 Å². The van der Waals surface area contributed by atoms with Crippen LogP contribution in [-0.2, 0) is 4.79 Å². The van der Waals surface area contributed by atoms with E-state index in [9.17, 15) is 9.59 Å². The summed E-state index contributed by atoms with van der Waals surface area (Å²) in [6, 6.07) is 6.76. The lowest BCUT2D eigenvalue weighted by atomic mass is 10.2. The van der Waals surface area contributed by atoms with Crippen LogP contribution in [0.1, 0.15) is 17.3 Å². The molecule has 0 saturated carbocycles. The Morgan fingerprint density at radius 2 is 2.00 bits per heavy atom. The highest BCUT2D eigenvalue weighted by Gasteiger charge is 2.16. The maximum absolute atomic E-state index is 12.2. The first kappa shape index (κ1) is 12.9. The van der Waals surface area contributed by atoms with Crippen molar-refractivity contribution in [2.24, 2.45) is 0 Å². The van der Waals surface area contributed by atoms with Crippen LogP contribution in [0.15, 0.2) is 48.7 Å². The van der Waals surface area contributed by atoms with Crippen LogP contribution in [0.4, 0.5) is 0 Å². The van der Waals surface area contributed by atoms with E-state index in [0.29, 0.717) is 17.9 Å². The minimum absolute atomic E-state index is 0.309. The van der Waals surface area contributed by atoms with Gasteiger partial charge in [0.05, 0.1) is 6.61 Å². The van der Waals surface area contributed by atoms with Crippen molar-refractivity contribution in [3.63, 3.8) is 0 Å². The minimum Gasteiger partial charge on any atom is -0.494 e. The largest absolute Gasteiger partial charge is 0.494 e. The molecule has 1 aliphatic rings. The van der Waals surface area contributed by atoms with Gasteiger partial charge < -0.3 is 4.74 Å². The molecule has 5 nitrogen and oxygen atoms in total. The lowest BCUT2D eigenvalue weighted by molar-refractivity contribution is -0.119. The number of nitrogens with zero attached hydrogens (tertiary/aromatic N) is 1. The lowest BCUT2D eigenvalue weighted by Gasteiger charge is -2.17. The molecule has 1 aromatic carbocycles. The quantitative estimate of drug-likeness (QED) is 0.896. The fraction of sp³-hybridized carbons (Fsp3) is 0.143. The van der Waals surface area contributed by atoms with Gasteiger partial charge in [-0.25, -0.2) is 5.01 Å². The zero-order valence-corrected chi connectivity index (χ0v) is 10.5. The Labute approximate surface area is 111 Å². The van der Waals surface area contributed by atoms with Gasteiger partial charge in [-0.2, -0.15) is 0 Å². The average Bonchev–Trinajstić information content (AvgIpc) is 2.64. The number of benzene rings is 1. The molecule has 1 aliphatic heterocycles. The summed E-state index contributed by atoms with van der Waals surface area (Å²) >= 11 is 0. The van der Waals surface area contributed by atoms with Crippen LogP contribution < -0.4 is 10.2 Å². The van der Waals surface area contributed by atoms with Gasteiger partial charge in [0.25, 0.3) is 11.8 Å². The first-order valence-electron chi connectivity index (χ1n) is 5.92. The lowest BCUT2D eigenvalue weighted by Crippen LogP contribution is -2.41. The van der Waals surface area contributed by atoms with Crippen LogP contribution >= 0.6 is 0 Å². The average molecular weight is 258 g/mol. The summed E-state index contributed by atoms with van der Waals surface area (Å²) < 4.78 is 5.30. The molecule has 0 aliphatic carbocycles. The number of allylic oxidation sites excluding steroid dienone is 2. The maximum atomic E-state index is 12.2. The van der Waals surface area contributed by atoms with E-state index in [-0.39, 0.29) is 11.8 Å². The van der Waals surface area contributed by atoms with Crippen molar-refractivity contribution in [3.05, 3.63) is 54.3 Å². The molecule has 5 heteroatoms. The Morgan fingerprint density at radius 3 is 2.68 bits per heavy atom. The number of nitrogens with one attached hydrogen (secondary N) is 1. The van der Waals surface area contributed by atoms with Crippen molar-refractivity contribution >= 4 is 11.8 Å². The molecule has 2 amide bonds. The van der Waals surface area contributed by atoms with Crippen molar-refractivity contribution in [3.8, 4) is 5.75 Å². The number of hydrazine groups is 1. The Morgan fingerprint density at radius 1 is 1.26 bits per heavy atom. The Bertz CT molecular complexity index is 532. The van der Waals surface area contributed by atoms with E-state index in [1.54, 1.807) is 36.4 Å². The zero-order chi connectivity index (χ0) is 13.7. The number of amides is 2. The van der Waals surface area contributed by atoms with Gasteiger partial charge in [0.2, 0.25) is 0 Å². The predicted molar refractivity (Wildman–Crippen MR) is 70.2 cm³/mol. The molecule has 2 rings (SSSR count). The molecule has 1 N–H and O–H groups in total. The SMILES string of the molecule is CCOc1ccc(C(=O)N2C=CC=CC(=O)N2)cc1. The second-order valence-corrected chi connectivity index (χ2v) is 3.81. The van der Waals surface area contributed by atoms with Gasteiger partial charge in [-0.1, -0.05) is 6.08 Å². The molecular formula is C14H14N2O3. The molecule has 0 bridgehead atoms. The molecule has 0 unspecified atom stereocenters. The number of hydrogen-bond donors (Lipinski definition) is 1. The van der Waals surface area contributed by atoms with Gasteiger partial charge >= 0.3 is 0 Å². The van der Waals surface area contributed by atoms with Crippen LogP contribution in [0.2, 0.25) is 0 Å². The molecule has 0 atom stereocenters. The number of carbonyl (C=O) groups is 2. The summed E-state index contributed by atoms with van der Waals surface area (Å²) in [6.07, 6.45) is 6.04. The third-order valence-electron chi connectivity index (χ3n) is 2.46. The standard InChI is InChI=1S/C14H14N2O3/c1-2-19-12-8-6-11(7-9-12)14(18)16-10-4-3-5-13(17)15-16/h3-10H,2H2,1H3,(H,15,17). The summed E-state index contributed by atoms with van der Waals surface area (Å²) in [7, 11) is 0. The Balaban J connectivity index is 2.12. The fourth-order valence-corrected chi connectivity index (χ4v) is 1.59. The topological polar surface area (TPSA) is 58.6 Å². The molecule has 0 saturated heterocycles. The maximum Gasteiger partial charge on any atom is 0.276 e. The number of hydrogen-bond acceptors (Lipinski definition) is 3.